The number of rotatable bonds is 4. The van der Waals surface area contributed by atoms with E-state index in [4.69, 9.17) is 0 Å². The second kappa shape index (κ2) is 11.0. The summed E-state index contributed by atoms with van der Waals surface area (Å²) in [4.78, 5) is 39.7. The van der Waals surface area contributed by atoms with E-state index in [1.807, 2.05) is 0 Å². The molecule has 92 valence electrons. The number of carboxylic acid groups (broad SMARTS) is 2. The molecule has 0 atom stereocenters. The molecule has 0 rings (SSSR count). The molecule has 17 heavy (non-hydrogen) atoms. The van der Waals surface area contributed by atoms with Crippen molar-refractivity contribution in [3.63, 3.8) is 0 Å². The molecule has 0 amide bonds. The fraction of sp³-hybridized carbons (Fsp3) is 0.600. The number of ketones is 2. The Kier molecular flexibility index (Phi) is 14.2. The number of carbonyl (C=O) groups excluding carboxylic acids is 4. The van der Waals surface area contributed by atoms with Crippen LogP contribution in [0.1, 0.15) is 27.7 Å². The van der Waals surface area contributed by atoms with Gasteiger partial charge >= 0.3 is 48.9 Å². The molecule has 0 aromatic carbocycles. The van der Waals surface area contributed by atoms with Crippen LogP contribution in [0.4, 0.5) is 0 Å². The van der Waals surface area contributed by atoms with E-state index in [2.05, 4.69) is 0 Å². The Morgan fingerprint density at radius 1 is 0.706 bits per heavy atom. The van der Waals surface area contributed by atoms with Crippen molar-refractivity contribution in [3.05, 3.63) is 0 Å². The van der Waals surface area contributed by atoms with Crippen molar-refractivity contribution >= 4 is 72.4 Å². The Balaban J connectivity index is -0.000000218. The van der Waals surface area contributed by atoms with Gasteiger partial charge in [-0.25, -0.2) is 0 Å². The topological polar surface area (TPSA) is 114 Å². The van der Waals surface area contributed by atoms with Crippen molar-refractivity contribution < 1.29 is 29.4 Å². The van der Waals surface area contributed by atoms with E-state index < -0.39 is 35.3 Å². The molecule has 0 aliphatic rings. The van der Waals surface area contributed by atoms with Gasteiger partial charge in [0.2, 0.25) is 0 Å². The molecule has 0 aromatic heterocycles. The van der Waals surface area contributed by atoms with E-state index in [1.165, 1.54) is 27.7 Å². The van der Waals surface area contributed by atoms with E-state index in [9.17, 15) is 29.4 Å². The van der Waals surface area contributed by atoms with Crippen LogP contribution in [0.2, 0.25) is 0 Å². The third kappa shape index (κ3) is 12.1. The molecule has 0 saturated carbocycles. The first kappa shape index (κ1) is 22.1. The van der Waals surface area contributed by atoms with Gasteiger partial charge in [-0.3, -0.25) is 9.59 Å². The van der Waals surface area contributed by atoms with Gasteiger partial charge in [-0.15, -0.1) is 0 Å². The smallest absolute Gasteiger partial charge is 0.542 e. The molecule has 0 unspecified atom stereocenters. The van der Waals surface area contributed by atoms with Gasteiger partial charge in [-0.2, -0.15) is 0 Å². The predicted molar refractivity (Wildman–Crippen MR) is 55.5 cm³/mol. The molecule has 0 fully saturated rings. The van der Waals surface area contributed by atoms with Crippen LogP contribution >= 0.6 is 0 Å². The monoisotopic (exact) mass is 368 g/mol. The van der Waals surface area contributed by atoms with Crippen molar-refractivity contribution in [3.8, 4) is 0 Å². The van der Waals surface area contributed by atoms with E-state index in [0.29, 0.717) is 0 Å². The summed E-state index contributed by atoms with van der Waals surface area (Å²) in [5.41, 5.74) is 0. The van der Waals surface area contributed by atoms with E-state index in [-0.39, 0.29) is 48.9 Å². The summed E-state index contributed by atoms with van der Waals surface area (Å²) in [6.07, 6.45) is 0. The van der Waals surface area contributed by atoms with Gasteiger partial charge in [0.15, 0.2) is 11.6 Å². The standard InChI is InChI=1S/2C5H8O3.Ba/c2*1-3(2)4(6)5(7)8;/h2*3H,1-2H3,(H,7,8);/q;;+2/p-2. The second-order valence-corrected chi connectivity index (χ2v) is 3.61. The molecule has 6 nitrogen and oxygen atoms in total. The Labute approximate surface area is 140 Å². The largest absolute Gasteiger partial charge is 2.00 e. The second-order valence-electron chi connectivity index (χ2n) is 3.61. The van der Waals surface area contributed by atoms with Crippen LogP contribution in [-0.2, 0) is 19.2 Å². The Bertz CT molecular complexity index is 265. The molecule has 0 aromatic rings. The number of carboxylic acids is 2. The van der Waals surface area contributed by atoms with Crippen molar-refractivity contribution in [1.29, 1.82) is 0 Å². The summed E-state index contributed by atoms with van der Waals surface area (Å²) >= 11 is 0. The SMILES string of the molecule is CC(C)C(=O)C(=O)[O-].CC(C)C(=O)C(=O)[O-].[Ba+2]. The van der Waals surface area contributed by atoms with Gasteiger partial charge in [-0.05, 0) is 0 Å². The number of aliphatic carboxylic acids is 2. The van der Waals surface area contributed by atoms with Gasteiger partial charge < -0.3 is 19.8 Å². The molecule has 0 aliphatic heterocycles. The van der Waals surface area contributed by atoms with Gasteiger partial charge in [0.05, 0.1) is 0 Å². The Morgan fingerprint density at radius 2 is 0.882 bits per heavy atom. The fourth-order valence-electron chi connectivity index (χ4n) is 0.471. The van der Waals surface area contributed by atoms with Crippen LogP contribution in [0.15, 0.2) is 0 Å². The summed E-state index contributed by atoms with van der Waals surface area (Å²) in [7, 11) is 0. The third-order valence-electron chi connectivity index (χ3n) is 1.45. The van der Waals surface area contributed by atoms with Crippen LogP contribution in [0.25, 0.3) is 0 Å². The zero-order valence-electron chi connectivity index (χ0n) is 10.3. The van der Waals surface area contributed by atoms with Crippen LogP contribution in [-0.4, -0.2) is 72.4 Å². The number of carbonyl (C=O) groups is 4. The minimum Gasteiger partial charge on any atom is -0.542 e. The average molecular weight is 368 g/mol. The molecule has 0 saturated heterocycles. The normalized spacial score (nSPS) is 8.82. The number of hydrogen-bond acceptors (Lipinski definition) is 6. The number of Topliss-reactive ketones (excluding diaryl/α,β-unsaturated/α-hetero) is 2. The maximum absolute atomic E-state index is 10.2. The van der Waals surface area contributed by atoms with Crippen molar-refractivity contribution in [2.45, 2.75) is 27.7 Å². The predicted octanol–water partition coefficient (Wildman–Crippen LogP) is -2.46. The van der Waals surface area contributed by atoms with Crippen molar-refractivity contribution in [1.82, 2.24) is 0 Å². The van der Waals surface area contributed by atoms with Crippen LogP contribution in [0, 0.1) is 11.8 Å². The molecule has 0 heterocycles. The fourth-order valence-corrected chi connectivity index (χ4v) is 0.471. The molecule has 7 heteroatoms. The average Bonchev–Trinajstić information content (AvgIpc) is 2.15. The number of hydrogen-bond donors (Lipinski definition) is 0. The molecular formula is C10H14BaO6. The first-order chi connectivity index (χ1) is 7.11. The van der Waals surface area contributed by atoms with Crippen LogP contribution < -0.4 is 10.2 Å². The summed E-state index contributed by atoms with van der Waals surface area (Å²) in [6, 6.07) is 0. The van der Waals surface area contributed by atoms with E-state index >= 15 is 0 Å². The maximum Gasteiger partial charge on any atom is 2.00 e. The third-order valence-corrected chi connectivity index (χ3v) is 1.45. The molecule has 0 N–H and O–H groups in total. The van der Waals surface area contributed by atoms with Crippen LogP contribution in [0.5, 0.6) is 0 Å². The first-order valence-electron chi connectivity index (χ1n) is 4.61. The zero-order valence-corrected chi connectivity index (χ0v) is 14.8. The molecule has 0 bridgehead atoms. The minimum absolute atomic E-state index is 0. The zero-order chi connectivity index (χ0) is 13.5. The van der Waals surface area contributed by atoms with E-state index in [0.717, 1.165) is 0 Å². The van der Waals surface area contributed by atoms with Crippen molar-refractivity contribution in [2.75, 3.05) is 0 Å². The van der Waals surface area contributed by atoms with Crippen LogP contribution in [0.3, 0.4) is 0 Å². The quantitative estimate of drug-likeness (QED) is 0.402. The van der Waals surface area contributed by atoms with Gasteiger partial charge in [0.1, 0.15) is 11.9 Å². The first-order valence-corrected chi connectivity index (χ1v) is 4.61. The van der Waals surface area contributed by atoms with E-state index in [1.54, 1.807) is 0 Å². The Hall–Kier alpha value is -0.149. The minimum atomic E-state index is -1.60. The molecule has 0 radical (unpaired) electrons. The summed E-state index contributed by atoms with van der Waals surface area (Å²) in [5.74, 6) is -5.80. The summed E-state index contributed by atoms with van der Waals surface area (Å²) in [5, 5.41) is 19.4. The van der Waals surface area contributed by atoms with Gasteiger partial charge in [0, 0.05) is 11.8 Å². The Morgan fingerprint density at radius 3 is 0.882 bits per heavy atom. The summed E-state index contributed by atoms with van der Waals surface area (Å²) < 4.78 is 0. The molecular weight excluding hydrogens is 353 g/mol. The maximum atomic E-state index is 10.2. The summed E-state index contributed by atoms with van der Waals surface area (Å²) in [6.45, 7) is 6.05. The van der Waals surface area contributed by atoms with Gasteiger partial charge in [0.25, 0.3) is 0 Å². The van der Waals surface area contributed by atoms with Gasteiger partial charge in [-0.1, -0.05) is 27.7 Å². The molecule has 0 aliphatic carbocycles. The van der Waals surface area contributed by atoms with Crippen molar-refractivity contribution in [2.24, 2.45) is 11.8 Å². The molecule has 0 spiro atoms.